The van der Waals surface area contributed by atoms with Crippen LogP contribution in [0.5, 0.6) is 5.75 Å². The summed E-state index contributed by atoms with van der Waals surface area (Å²) in [5.41, 5.74) is 4.82. The van der Waals surface area contributed by atoms with E-state index < -0.39 is 5.97 Å². The van der Waals surface area contributed by atoms with Crippen LogP contribution in [0.4, 0.5) is 5.69 Å². The minimum atomic E-state index is -0.962. The monoisotopic (exact) mass is 561 g/mol. The second-order valence-corrected chi connectivity index (χ2v) is 9.13. The van der Waals surface area contributed by atoms with Crippen molar-refractivity contribution in [2.24, 2.45) is 7.05 Å². The summed E-state index contributed by atoms with van der Waals surface area (Å²) in [5.74, 6) is -0.811. The number of carbonyl (C=O) groups excluding carboxylic acids is 1. The first kappa shape index (κ1) is 28.2. The van der Waals surface area contributed by atoms with Crippen molar-refractivity contribution in [3.8, 4) is 17.0 Å². The lowest BCUT2D eigenvalue weighted by molar-refractivity contribution is -0.136. The summed E-state index contributed by atoms with van der Waals surface area (Å²) in [6.45, 7) is 0.0299. The van der Waals surface area contributed by atoms with Crippen molar-refractivity contribution in [1.29, 1.82) is 0 Å². The number of fused-ring (bicyclic) bond motifs is 1. The number of carboxylic acid groups (broad SMARTS) is 1. The molecular formula is C29H28ClN5O5. The third kappa shape index (κ3) is 5.62. The van der Waals surface area contributed by atoms with Crippen LogP contribution in [0.3, 0.4) is 0 Å². The molecule has 3 aromatic carbocycles. The second kappa shape index (κ2) is 11.9. The average molecular weight is 562 g/mol. The number of para-hydroxylation sites is 2. The van der Waals surface area contributed by atoms with Crippen molar-refractivity contribution in [1.82, 2.24) is 19.1 Å². The van der Waals surface area contributed by atoms with E-state index in [1.807, 2.05) is 48.5 Å². The number of nitrogens with zero attached hydrogens (tertiary/aromatic N) is 4. The number of halogens is 1. The van der Waals surface area contributed by atoms with E-state index >= 15 is 0 Å². The number of aliphatic carboxylic acids is 1. The van der Waals surface area contributed by atoms with Crippen LogP contribution in [0.1, 0.15) is 11.1 Å². The number of carboxylic acids is 1. The van der Waals surface area contributed by atoms with Gasteiger partial charge in [-0.05, 0) is 41.5 Å². The molecule has 0 radical (unpaired) electrons. The summed E-state index contributed by atoms with van der Waals surface area (Å²) in [6.07, 6.45) is 3.14. The van der Waals surface area contributed by atoms with Crippen LogP contribution in [0.2, 0.25) is 0 Å². The maximum atomic E-state index is 13.8. The van der Waals surface area contributed by atoms with Crippen molar-refractivity contribution in [3.63, 3.8) is 0 Å². The Morgan fingerprint density at radius 2 is 1.77 bits per heavy atom. The molecule has 0 fully saturated rings. The topological polar surface area (TPSA) is 122 Å². The highest BCUT2D eigenvalue weighted by atomic mass is 35.5. The SMILES string of the molecule is COc1cc(CN(C(=O)Cn2c(=O)n(C)c3ccccc32)c2ccc(-c3cnc[nH]3)cc2)ccc1CC(=O)O.Cl. The minimum absolute atomic E-state index is 0. The second-order valence-electron chi connectivity index (χ2n) is 9.13. The molecule has 10 nitrogen and oxygen atoms in total. The number of rotatable bonds is 9. The van der Waals surface area contributed by atoms with Crippen molar-refractivity contribution in [2.45, 2.75) is 19.5 Å². The molecule has 0 aliphatic rings. The number of benzene rings is 3. The first-order chi connectivity index (χ1) is 18.9. The number of aromatic amines is 1. The molecule has 5 rings (SSSR count). The van der Waals surface area contributed by atoms with Crippen molar-refractivity contribution < 1.29 is 19.4 Å². The Morgan fingerprint density at radius 3 is 2.42 bits per heavy atom. The molecule has 5 aromatic rings. The van der Waals surface area contributed by atoms with Crippen LogP contribution < -0.4 is 15.3 Å². The number of aryl methyl sites for hydroxylation is 1. The number of aromatic nitrogens is 4. The van der Waals surface area contributed by atoms with E-state index in [1.54, 1.807) is 42.7 Å². The maximum Gasteiger partial charge on any atom is 0.329 e. The Morgan fingerprint density at radius 1 is 1.05 bits per heavy atom. The lowest BCUT2D eigenvalue weighted by atomic mass is 10.1. The Balaban J connectivity index is 0.00000370. The molecular weight excluding hydrogens is 534 g/mol. The molecule has 0 spiro atoms. The van der Waals surface area contributed by atoms with Gasteiger partial charge in [-0.25, -0.2) is 9.78 Å². The number of hydrogen-bond acceptors (Lipinski definition) is 5. The predicted molar refractivity (Wildman–Crippen MR) is 154 cm³/mol. The lowest BCUT2D eigenvalue weighted by Gasteiger charge is -2.24. The third-order valence-electron chi connectivity index (χ3n) is 6.67. The number of nitrogens with one attached hydrogen (secondary N) is 1. The van der Waals surface area contributed by atoms with Gasteiger partial charge in [0.1, 0.15) is 12.3 Å². The van der Waals surface area contributed by atoms with Crippen LogP contribution in [-0.4, -0.2) is 43.2 Å². The zero-order valence-electron chi connectivity index (χ0n) is 21.9. The highest BCUT2D eigenvalue weighted by molar-refractivity contribution is 5.94. The van der Waals surface area contributed by atoms with Crippen LogP contribution in [0.15, 0.2) is 84.0 Å². The van der Waals surface area contributed by atoms with E-state index in [2.05, 4.69) is 9.97 Å². The summed E-state index contributed by atoms with van der Waals surface area (Å²) >= 11 is 0. The maximum absolute atomic E-state index is 13.8. The third-order valence-corrected chi connectivity index (χ3v) is 6.67. The van der Waals surface area contributed by atoms with Crippen LogP contribution in [-0.2, 0) is 36.1 Å². The molecule has 2 aromatic heterocycles. The molecule has 0 bridgehead atoms. The summed E-state index contributed by atoms with van der Waals surface area (Å²) in [7, 11) is 3.16. The summed E-state index contributed by atoms with van der Waals surface area (Å²) in [5, 5.41) is 9.21. The standard InChI is InChI=1S/C29H27N5O5.ClH/c1-32-24-5-3-4-6-25(24)34(29(32)38)17-27(35)33(22-11-9-20(10-12-22)23-15-30-18-31-23)16-19-7-8-21(14-28(36)37)26(13-19)39-2;/h3-13,15,18H,14,16-17H2,1-2H3,(H,30,31)(H,36,37);1H. The number of ether oxygens (including phenoxy) is 1. The van der Waals surface area contributed by atoms with E-state index in [-0.39, 0.29) is 43.5 Å². The molecule has 0 aliphatic heterocycles. The summed E-state index contributed by atoms with van der Waals surface area (Å²) in [4.78, 5) is 46.8. The molecule has 0 saturated heterocycles. The first-order valence-corrected chi connectivity index (χ1v) is 12.3. The van der Waals surface area contributed by atoms with Gasteiger partial charge in [0.25, 0.3) is 0 Å². The summed E-state index contributed by atoms with van der Waals surface area (Å²) in [6, 6.07) is 20.0. The van der Waals surface area contributed by atoms with Gasteiger partial charge in [-0.3, -0.25) is 18.7 Å². The highest BCUT2D eigenvalue weighted by Gasteiger charge is 2.21. The Kier molecular flexibility index (Phi) is 8.40. The number of methoxy groups -OCH3 is 1. The highest BCUT2D eigenvalue weighted by Crippen LogP contribution is 2.26. The van der Waals surface area contributed by atoms with Crippen molar-refractivity contribution in [3.05, 3.63) is 101 Å². The lowest BCUT2D eigenvalue weighted by Crippen LogP contribution is -2.36. The van der Waals surface area contributed by atoms with Gasteiger partial charge in [0.2, 0.25) is 5.91 Å². The molecule has 11 heteroatoms. The Labute approximate surface area is 235 Å². The van der Waals surface area contributed by atoms with E-state index in [9.17, 15) is 19.5 Å². The molecule has 0 saturated carbocycles. The number of anilines is 1. The minimum Gasteiger partial charge on any atom is -0.496 e. The van der Waals surface area contributed by atoms with Crippen LogP contribution >= 0.6 is 12.4 Å². The van der Waals surface area contributed by atoms with Gasteiger partial charge in [-0.15, -0.1) is 12.4 Å². The average Bonchev–Trinajstić information content (AvgIpc) is 3.56. The van der Waals surface area contributed by atoms with Crippen molar-refractivity contribution >= 4 is 41.0 Å². The van der Waals surface area contributed by atoms with E-state index in [1.165, 1.54) is 16.2 Å². The molecule has 0 unspecified atom stereocenters. The molecule has 0 aliphatic carbocycles. The normalized spacial score (nSPS) is 10.8. The number of carbonyl (C=O) groups is 2. The fourth-order valence-electron chi connectivity index (χ4n) is 4.67. The molecule has 206 valence electrons. The van der Waals surface area contributed by atoms with Gasteiger partial charge in [-0.2, -0.15) is 0 Å². The zero-order valence-corrected chi connectivity index (χ0v) is 22.7. The first-order valence-electron chi connectivity index (χ1n) is 12.3. The predicted octanol–water partition coefficient (Wildman–Crippen LogP) is 4.02. The van der Waals surface area contributed by atoms with Gasteiger partial charge in [-0.1, -0.05) is 36.4 Å². The van der Waals surface area contributed by atoms with Gasteiger partial charge < -0.3 is 19.7 Å². The number of hydrogen-bond donors (Lipinski definition) is 2. The molecule has 2 heterocycles. The molecule has 40 heavy (non-hydrogen) atoms. The van der Waals surface area contributed by atoms with E-state index in [0.717, 1.165) is 22.3 Å². The fourth-order valence-corrected chi connectivity index (χ4v) is 4.67. The van der Waals surface area contributed by atoms with Gasteiger partial charge in [0, 0.05) is 18.3 Å². The molecule has 2 N–H and O–H groups in total. The number of imidazole rings is 2. The Bertz CT molecular complexity index is 1710. The van der Waals surface area contributed by atoms with Gasteiger partial charge in [0.05, 0.1) is 49.3 Å². The smallest absolute Gasteiger partial charge is 0.329 e. The fraction of sp³-hybridized carbons (Fsp3) is 0.172. The number of H-pyrrole nitrogens is 1. The van der Waals surface area contributed by atoms with Gasteiger partial charge >= 0.3 is 11.7 Å². The zero-order chi connectivity index (χ0) is 27.5. The largest absolute Gasteiger partial charge is 0.496 e. The quantitative estimate of drug-likeness (QED) is 0.280. The molecule has 1 amide bonds. The van der Waals surface area contributed by atoms with Crippen LogP contribution in [0, 0.1) is 0 Å². The van der Waals surface area contributed by atoms with Gasteiger partial charge in [0.15, 0.2) is 0 Å². The van der Waals surface area contributed by atoms with Crippen LogP contribution in [0.25, 0.3) is 22.3 Å². The van der Waals surface area contributed by atoms with E-state index in [4.69, 9.17) is 4.74 Å². The Hall–Kier alpha value is -4.83. The summed E-state index contributed by atoms with van der Waals surface area (Å²) < 4.78 is 8.43. The van der Waals surface area contributed by atoms with E-state index in [0.29, 0.717) is 22.5 Å². The number of amides is 1. The van der Waals surface area contributed by atoms with Crippen molar-refractivity contribution in [2.75, 3.05) is 12.0 Å². The molecule has 0 atom stereocenters.